The number of benzene rings is 1. The van der Waals surface area contributed by atoms with Crippen LogP contribution in [0.1, 0.15) is 15.9 Å². The van der Waals surface area contributed by atoms with Crippen LogP contribution >= 0.6 is 0 Å². The van der Waals surface area contributed by atoms with Crippen molar-refractivity contribution in [3.8, 4) is 0 Å². The molecule has 3 aromatic rings. The lowest BCUT2D eigenvalue weighted by Crippen LogP contribution is -2.17. The van der Waals surface area contributed by atoms with Crippen molar-refractivity contribution in [1.82, 2.24) is 15.4 Å². The van der Waals surface area contributed by atoms with Crippen LogP contribution < -0.4 is 5.43 Å². The molecule has 0 atom stereocenters. The lowest BCUT2D eigenvalue weighted by Gasteiger charge is -2.01. The van der Waals surface area contributed by atoms with Gasteiger partial charge in [0.15, 0.2) is 0 Å². The van der Waals surface area contributed by atoms with E-state index in [0.29, 0.717) is 5.56 Å². The summed E-state index contributed by atoms with van der Waals surface area (Å²) >= 11 is 0. The van der Waals surface area contributed by atoms with E-state index in [1.165, 1.54) is 0 Å². The van der Waals surface area contributed by atoms with Crippen LogP contribution in [0.5, 0.6) is 0 Å². The number of fused-ring (bicyclic) bond motifs is 1. The number of nitrogens with one attached hydrogen (secondary N) is 1. The maximum atomic E-state index is 11.8. The summed E-state index contributed by atoms with van der Waals surface area (Å²) in [7, 11) is 0. The fourth-order valence-corrected chi connectivity index (χ4v) is 1.96. The van der Waals surface area contributed by atoms with Crippen LogP contribution in [0.4, 0.5) is 0 Å². The second kappa shape index (κ2) is 5.92. The number of hydrazone groups is 1. The van der Waals surface area contributed by atoms with Gasteiger partial charge in [-0.3, -0.25) is 14.8 Å². The predicted octanol–water partition coefficient (Wildman–Crippen LogP) is 2.39. The van der Waals surface area contributed by atoms with Gasteiger partial charge in [0, 0.05) is 35.1 Å². The standard InChI is InChI=1S/C16H12N4O/c21-16(12-5-8-17-9-6-12)20-19-11-13-7-10-18-15-4-2-1-3-14(13)15/h1-11H,(H,20,21). The number of para-hydroxylation sites is 1. The number of aromatic nitrogens is 2. The summed E-state index contributed by atoms with van der Waals surface area (Å²) in [5, 5.41) is 4.98. The highest BCUT2D eigenvalue weighted by atomic mass is 16.2. The van der Waals surface area contributed by atoms with Gasteiger partial charge in [0.05, 0.1) is 11.7 Å². The Labute approximate surface area is 121 Å². The second-order valence-electron chi connectivity index (χ2n) is 4.35. The lowest BCUT2D eigenvalue weighted by molar-refractivity contribution is 0.0955. The van der Waals surface area contributed by atoms with E-state index in [1.54, 1.807) is 36.9 Å². The van der Waals surface area contributed by atoms with Crippen LogP contribution in [0.3, 0.4) is 0 Å². The SMILES string of the molecule is O=C(NN=Cc1ccnc2ccccc12)c1ccncc1. The molecule has 1 N–H and O–H groups in total. The zero-order valence-corrected chi connectivity index (χ0v) is 11.1. The molecule has 1 aromatic carbocycles. The Morgan fingerprint density at radius 2 is 1.86 bits per heavy atom. The third-order valence-corrected chi connectivity index (χ3v) is 3.00. The molecule has 2 heterocycles. The van der Waals surface area contributed by atoms with Crippen LogP contribution in [0, 0.1) is 0 Å². The molecule has 0 radical (unpaired) electrons. The molecule has 0 fully saturated rings. The van der Waals surface area contributed by atoms with Gasteiger partial charge < -0.3 is 0 Å². The van der Waals surface area contributed by atoms with Crippen LogP contribution in [-0.4, -0.2) is 22.1 Å². The molecule has 0 aliphatic carbocycles. The summed E-state index contributed by atoms with van der Waals surface area (Å²) in [6.07, 6.45) is 6.46. The Balaban J connectivity index is 1.78. The van der Waals surface area contributed by atoms with E-state index in [9.17, 15) is 4.79 Å². The van der Waals surface area contributed by atoms with Crippen molar-refractivity contribution in [3.05, 3.63) is 72.2 Å². The Morgan fingerprint density at radius 1 is 1.05 bits per heavy atom. The van der Waals surface area contributed by atoms with Crippen molar-refractivity contribution in [2.45, 2.75) is 0 Å². The highest BCUT2D eigenvalue weighted by Gasteiger charge is 2.02. The van der Waals surface area contributed by atoms with E-state index in [-0.39, 0.29) is 5.91 Å². The Bertz CT molecular complexity index is 794. The monoisotopic (exact) mass is 276 g/mol. The Hall–Kier alpha value is -3.08. The van der Waals surface area contributed by atoms with Crippen LogP contribution in [0.15, 0.2) is 66.2 Å². The van der Waals surface area contributed by atoms with Crippen LogP contribution in [0.25, 0.3) is 10.9 Å². The third kappa shape index (κ3) is 2.92. The molecule has 21 heavy (non-hydrogen) atoms. The van der Waals surface area contributed by atoms with Gasteiger partial charge in [-0.05, 0) is 24.3 Å². The van der Waals surface area contributed by atoms with E-state index in [1.807, 2.05) is 30.3 Å². The summed E-state index contributed by atoms with van der Waals surface area (Å²) < 4.78 is 0. The third-order valence-electron chi connectivity index (χ3n) is 3.00. The topological polar surface area (TPSA) is 67.2 Å². The maximum Gasteiger partial charge on any atom is 0.271 e. The first-order chi connectivity index (χ1) is 10.3. The summed E-state index contributed by atoms with van der Waals surface area (Å²) in [6, 6.07) is 12.9. The van der Waals surface area contributed by atoms with E-state index < -0.39 is 0 Å². The van der Waals surface area contributed by atoms with Gasteiger partial charge in [0.2, 0.25) is 0 Å². The number of hydrogen-bond donors (Lipinski definition) is 1. The van der Waals surface area contributed by atoms with Crippen molar-refractivity contribution in [2.24, 2.45) is 5.10 Å². The molecule has 102 valence electrons. The highest BCUT2D eigenvalue weighted by Crippen LogP contribution is 2.14. The van der Waals surface area contributed by atoms with E-state index in [0.717, 1.165) is 16.5 Å². The number of carbonyl (C=O) groups is 1. The molecule has 0 spiro atoms. The van der Waals surface area contributed by atoms with Crippen molar-refractivity contribution < 1.29 is 4.79 Å². The lowest BCUT2D eigenvalue weighted by atomic mass is 10.1. The zero-order valence-electron chi connectivity index (χ0n) is 11.1. The summed E-state index contributed by atoms with van der Waals surface area (Å²) in [6.45, 7) is 0. The number of amides is 1. The molecular weight excluding hydrogens is 264 g/mol. The minimum atomic E-state index is -0.271. The Kier molecular flexibility index (Phi) is 3.64. The molecule has 0 bridgehead atoms. The van der Waals surface area contributed by atoms with Gasteiger partial charge in [-0.2, -0.15) is 5.10 Å². The molecule has 5 nitrogen and oxygen atoms in total. The summed E-state index contributed by atoms with van der Waals surface area (Å²) in [5.74, 6) is -0.271. The van der Waals surface area contributed by atoms with Crippen molar-refractivity contribution in [2.75, 3.05) is 0 Å². The maximum absolute atomic E-state index is 11.8. The number of hydrogen-bond acceptors (Lipinski definition) is 4. The molecular formula is C16H12N4O. The molecule has 2 aromatic heterocycles. The predicted molar refractivity (Wildman–Crippen MR) is 81.0 cm³/mol. The Morgan fingerprint density at radius 3 is 2.71 bits per heavy atom. The fourth-order valence-electron chi connectivity index (χ4n) is 1.96. The van der Waals surface area contributed by atoms with Crippen molar-refractivity contribution >= 4 is 23.0 Å². The first-order valence-corrected chi connectivity index (χ1v) is 6.42. The number of carbonyl (C=O) groups excluding carboxylic acids is 1. The average Bonchev–Trinajstić information content (AvgIpc) is 2.56. The molecule has 5 heteroatoms. The number of pyridine rings is 2. The molecule has 0 aliphatic rings. The van der Waals surface area contributed by atoms with Crippen LogP contribution in [0.2, 0.25) is 0 Å². The smallest absolute Gasteiger partial charge is 0.267 e. The highest BCUT2D eigenvalue weighted by molar-refractivity contribution is 5.99. The fraction of sp³-hybridized carbons (Fsp3) is 0. The molecule has 0 unspecified atom stereocenters. The molecule has 3 rings (SSSR count). The van der Waals surface area contributed by atoms with Gasteiger partial charge in [-0.15, -0.1) is 0 Å². The largest absolute Gasteiger partial charge is 0.271 e. The zero-order chi connectivity index (χ0) is 14.5. The van der Waals surface area contributed by atoms with Gasteiger partial charge in [-0.25, -0.2) is 5.43 Å². The van der Waals surface area contributed by atoms with Gasteiger partial charge >= 0.3 is 0 Å². The first kappa shape index (κ1) is 12.9. The average molecular weight is 276 g/mol. The minimum absolute atomic E-state index is 0.271. The molecule has 0 aliphatic heterocycles. The summed E-state index contributed by atoms with van der Waals surface area (Å²) in [4.78, 5) is 20.0. The van der Waals surface area contributed by atoms with Crippen molar-refractivity contribution in [3.63, 3.8) is 0 Å². The number of rotatable bonds is 3. The summed E-state index contributed by atoms with van der Waals surface area (Å²) in [5.41, 5.74) is 4.80. The van der Waals surface area contributed by atoms with Crippen molar-refractivity contribution in [1.29, 1.82) is 0 Å². The first-order valence-electron chi connectivity index (χ1n) is 6.42. The molecule has 0 saturated heterocycles. The van der Waals surface area contributed by atoms with E-state index in [2.05, 4.69) is 20.5 Å². The number of nitrogens with zero attached hydrogens (tertiary/aromatic N) is 3. The van der Waals surface area contributed by atoms with Gasteiger partial charge in [0.25, 0.3) is 5.91 Å². The van der Waals surface area contributed by atoms with Gasteiger partial charge in [0.1, 0.15) is 0 Å². The second-order valence-corrected chi connectivity index (χ2v) is 4.35. The minimum Gasteiger partial charge on any atom is -0.267 e. The van der Waals surface area contributed by atoms with Crippen LogP contribution in [-0.2, 0) is 0 Å². The molecule has 1 amide bonds. The quantitative estimate of drug-likeness (QED) is 0.590. The van der Waals surface area contributed by atoms with Gasteiger partial charge in [-0.1, -0.05) is 18.2 Å². The normalized spacial score (nSPS) is 10.9. The molecule has 0 saturated carbocycles. The van der Waals surface area contributed by atoms with E-state index >= 15 is 0 Å². The van der Waals surface area contributed by atoms with E-state index in [4.69, 9.17) is 0 Å².